The lowest BCUT2D eigenvalue weighted by Gasteiger charge is -2.15. The van der Waals surface area contributed by atoms with Crippen LogP contribution in [-0.2, 0) is 4.79 Å². The van der Waals surface area contributed by atoms with Gasteiger partial charge in [0.1, 0.15) is 0 Å². The molecule has 0 aromatic carbocycles. The van der Waals surface area contributed by atoms with E-state index in [0.29, 0.717) is 0 Å². The smallest absolute Gasteiger partial charge is 0.154 e. The van der Waals surface area contributed by atoms with E-state index in [-0.39, 0.29) is 17.6 Å². The molecule has 14 heavy (non-hydrogen) atoms. The van der Waals surface area contributed by atoms with Gasteiger partial charge >= 0.3 is 0 Å². The number of allylic oxidation sites excluding steroid dienone is 8. The number of Topliss-reactive ketones (excluding diaryl/α,β-unsaturated/α-hetero) is 1. The minimum absolute atomic E-state index is 0.0128. The van der Waals surface area contributed by atoms with Crippen molar-refractivity contribution in [3.63, 3.8) is 0 Å². The zero-order valence-electron chi connectivity index (χ0n) is 8.10. The molecule has 0 fully saturated rings. The maximum atomic E-state index is 11.9. The van der Waals surface area contributed by atoms with Crippen LogP contribution in [0.15, 0.2) is 48.6 Å². The van der Waals surface area contributed by atoms with Crippen LogP contribution in [0.3, 0.4) is 0 Å². The number of hydrogen-bond acceptors (Lipinski definition) is 1. The van der Waals surface area contributed by atoms with Gasteiger partial charge in [-0.05, 0) is 12.8 Å². The maximum Gasteiger partial charge on any atom is 0.154 e. The molecule has 0 bridgehead atoms. The maximum absolute atomic E-state index is 11.9. The van der Waals surface area contributed by atoms with E-state index in [9.17, 15) is 4.79 Å². The van der Waals surface area contributed by atoms with Gasteiger partial charge in [0.05, 0.1) is 11.8 Å². The van der Waals surface area contributed by atoms with Gasteiger partial charge in [0.25, 0.3) is 0 Å². The largest absolute Gasteiger partial charge is 0.298 e. The summed E-state index contributed by atoms with van der Waals surface area (Å²) in [6, 6.07) is 0. The summed E-state index contributed by atoms with van der Waals surface area (Å²) in [5, 5.41) is 0. The fourth-order valence-electron chi connectivity index (χ4n) is 1.79. The van der Waals surface area contributed by atoms with Gasteiger partial charge in [-0.25, -0.2) is 0 Å². The minimum atomic E-state index is -0.0128. The molecule has 72 valence electrons. The Morgan fingerprint density at radius 2 is 1.14 bits per heavy atom. The van der Waals surface area contributed by atoms with Crippen LogP contribution in [0.25, 0.3) is 0 Å². The third-order valence-electron chi connectivity index (χ3n) is 2.58. The fourth-order valence-corrected chi connectivity index (χ4v) is 1.79. The average Bonchev–Trinajstić information content (AvgIpc) is 2.30. The van der Waals surface area contributed by atoms with Gasteiger partial charge in [0.2, 0.25) is 0 Å². The highest BCUT2D eigenvalue weighted by Gasteiger charge is 2.20. The predicted octanol–water partition coefficient (Wildman–Crippen LogP) is 2.82. The number of hydrogen-bond donors (Lipinski definition) is 0. The Balaban J connectivity index is 2.07. The molecule has 0 saturated carbocycles. The number of ketones is 1. The summed E-state index contributed by atoms with van der Waals surface area (Å²) in [6.45, 7) is 0. The number of rotatable bonds is 2. The molecule has 2 aliphatic carbocycles. The zero-order chi connectivity index (χ0) is 9.80. The van der Waals surface area contributed by atoms with Crippen LogP contribution in [0.2, 0.25) is 0 Å². The summed E-state index contributed by atoms with van der Waals surface area (Å²) < 4.78 is 0. The molecule has 2 rings (SSSR count). The van der Waals surface area contributed by atoms with Crippen molar-refractivity contribution in [3.05, 3.63) is 48.6 Å². The minimum Gasteiger partial charge on any atom is -0.298 e. The van der Waals surface area contributed by atoms with E-state index in [2.05, 4.69) is 24.3 Å². The monoisotopic (exact) mass is 186 g/mol. The van der Waals surface area contributed by atoms with Gasteiger partial charge in [0.15, 0.2) is 5.78 Å². The molecule has 0 amide bonds. The summed E-state index contributed by atoms with van der Waals surface area (Å²) >= 11 is 0. The van der Waals surface area contributed by atoms with Crippen molar-refractivity contribution in [2.24, 2.45) is 11.8 Å². The van der Waals surface area contributed by atoms with Crippen LogP contribution in [-0.4, -0.2) is 5.78 Å². The normalized spacial score (nSPS) is 21.7. The summed E-state index contributed by atoms with van der Waals surface area (Å²) in [5.74, 6) is 0.256. The lowest BCUT2D eigenvalue weighted by atomic mass is 9.88. The van der Waals surface area contributed by atoms with Crippen molar-refractivity contribution in [1.29, 1.82) is 0 Å². The molecule has 0 atom stereocenters. The topological polar surface area (TPSA) is 17.1 Å². The van der Waals surface area contributed by atoms with Crippen molar-refractivity contribution in [2.45, 2.75) is 12.8 Å². The molecule has 0 aromatic rings. The fraction of sp³-hybridized carbons (Fsp3) is 0.308. The molecule has 1 nitrogen and oxygen atoms in total. The van der Waals surface area contributed by atoms with E-state index in [1.165, 1.54) is 0 Å². The van der Waals surface area contributed by atoms with Crippen molar-refractivity contribution in [2.75, 3.05) is 0 Å². The molecular weight excluding hydrogens is 172 g/mol. The Morgan fingerprint density at radius 1 is 0.786 bits per heavy atom. The highest BCUT2D eigenvalue weighted by Crippen LogP contribution is 2.19. The average molecular weight is 186 g/mol. The molecule has 0 heterocycles. The van der Waals surface area contributed by atoms with Crippen molar-refractivity contribution < 1.29 is 4.79 Å². The van der Waals surface area contributed by atoms with Crippen LogP contribution in [0, 0.1) is 11.8 Å². The predicted molar refractivity (Wildman–Crippen MR) is 57.8 cm³/mol. The molecule has 2 aliphatic rings. The number of carbonyl (C=O) groups is 1. The van der Waals surface area contributed by atoms with Gasteiger partial charge in [-0.1, -0.05) is 48.6 Å². The summed E-state index contributed by atoms with van der Waals surface area (Å²) in [6.07, 6.45) is 18.1. The van der Waals surface area contributed by atoms with Gasteiger partial charge in [-0.2, -0.15) is 0 Å². The Hall–Kier alpha value is -1.37. The third-order valence-corrected chi connectivity index (χ3v) is 2.58. The lowest BCUT2D eigenvalue weighted by molar-refractivity contribution is -0.121. The van der Waals surface area contributed by atoms with E-state index >= 15 is 0 Å². The molecule has 1 heteroatoms. The van der Waals surface area contributed by atoms with Crippen LogP contribution in [0.5, 0.6) is 0 Å². The van der Waals surface area contributed by atoms with Crippen molar-refractivity contribution in [3.8, 4) is 0 Å². The molecule has 0 aromatic heterocycles. The molecule has 0 saturated heterocycles. The summed E-state index contributed by atoms with van der Waals surface area (Å²) in [7, 11) is 0. The molecule has 0 unspecified atom stereocenters. The third kappa shape index (κ3) is 1.92. The first-order chi connectivity index (χ1) is 6.88. The first-order valence-corrected chi connectivity index (χ1v) is 5.08. The highest BCUT2D eigenvalue weighted by atomic mass is 16.1. The second-order valence-electron chi connectivity index (χ2n) is 3.64. The van der Waals surface area contributed by atoms with Crippen LogP contribution < -0.4 is 0 Å². The van der Waals surface area contributed by atoms with Crippen LogP contribution in [0.4, 0.5) is 0 Å². The zero-order valence-corrected chi connectivity index (χ0v) is 8.10. The van der Waals surface area contributed by atoms with Crippen LogP contribution in [0.1, 0.15) is 12.8 Å². The summed E-state index contributed by atoms with van der Waals surface area (Å²) in [4.78, 5) is 11.9. The van der Waals surface area contributed by atoms with Crippen molar-refractivity contribution in [1.82, 2.24) is 0 Å². The quantitative estimate of drug-likeness (QED) is 0.606. The Bertz CT molecular complexity index is 275. The molecule has 0 radical (unpaired) electrons. The van der Waals surface area contributed by atoms with Crippen molar-refractivity contribution >= 4 is 5.78 Å². The Labute approximate surface area is 84.5 Å². The van der Waals surface area contributed by atoms with Gasteiger partial charge in [-0.15, -0.1) is 0 Å². The van der Waals surface area contributed by atoms with Gasteiger partial charge in [0, 0.05) is 0 Å². The highest BCUT2D eigenvalue weighted by molar-refractivity contribution is 5.89. The SMILES string of the molecule is O=C(C1C=CCC=C1)C1C=CCC=C1. The van der Waals surface area contributed by atoms with E-state index in [0.717, 1.165) is 12.8 Å². The van der Waals surface area contributed by atoms with E-state index in [4.69, 9.17) is 0 Å². The molecule has 0 N–H and O–H groups in total. The second-order valence-corrected chi connectivity index (χ2v) is 3.64. The summed E-state index contributed by atoms with van der Waals surface area (Å²) in [5.41, 5.74) is 0. The Kier molecular flexibility index (Phi) is 2.78. The standard InChI is InChI=1S/C13H14O/c14-13(11-7-3-1-4-8-11)12-9-5-2-6-10-12/h3-12H,1-2H2. The molecule has 0 aliphatic heterocycles. The van der Waals surface area contributed by atoms with Gasteiger partial charge in [-0.3, -0.25) is 4.79 Å². The van der Waals surface area contributed by atoms with E-state index in [1.54, 1.807) is 0 Å². The van der Waals surface area contributed by atoms with E-state index < -0.39 is 0 Å². The van der Waals surface area contributed by atoms with Gasteiger partial charge < -0.3 is 0 Å². The van der Waals surface area contributed by atoms with Crippen LogP contribution >= 0.6 is 0 Å². The molecular formula is C13H14O. The Morgan fingerprint density at radius 3 is 1.50 bits per heavy atom. The van der Waals surface area contributed by atoms with E-state index in [1.807, 2.05) is 24.3 Å². The number of carbonyl (C=O) groups excluding carboxylic acids is 1. The second kappa shape index (κ2) is 4.23. The molecule has 0 spiro atoms. The first-order valence-electron chi connectivity index (χ1n) is 5.08. The first kappa shape index (κ1) is 9.20. The lowest BCUT2D eigenvalue weighted by Crippen LogP contribution is -2.19.